The third kappa shape index (κ3) is 4.05. The van der Waals surface area contributed by atoms with Crippen LogP contribution in [0.15, 0.2) is 30.3 Å². The van der Waals surface area contributed by atoms with E-state index in [0.29, 0.717) is 11.8 Å². The van der Waals surface area contributed by atoms with Gasteiger partial charge in [0.2, 0.25) is 0 Å². The molecule has 132 valence electrons. The van der Waals surface area contributed by atoms with Crippen LogP contribution in [0.3, 0.4) is 0 Å². The van der Waals surface area contributed by atoms with Crippen LogP contribution in [0.1, 0.15) is 48.2 Å². The molecule has 1 aliphatic heterocycles. The summed E-state index contributed by atoms with van der Waals surface area (Å²) < 4.78 is 1.99. The molecule has 0 unspecified atom stereocenters. The van der Waals surface area contributed by atoms with Crippen molar-refractivity contribution in [3.63, 3.8) is 0 Å². The molecule has 1 fully saturated rings. The Balaban J connectivity index is 1.66. The highest BCUT2D eigenvalue weighted by molar-refractivity contribution is 5.34. The van der Waals surface area contributed by atoms with Gasteiger partial charge in [-0.25, -0.2) is 0 Å². The molecule has 1 atom stereocenters. The molecular weight excluding hydrogens is 310 g/mol. The lowest BCUT2D eigenvalue weighted by atomic mass is 9.95. The molecule has 1 saturated heterocycles. The number of aryl methyl sites for hydroxylation is 1. The van der Waals surface area contributed by atoms with E-state index >= 15 is 0 Å². The van der Waals surface area contributed by atoms with Crippen molar-refractivity contribution in [1.82, 2.24) is 9.47 Å². The van der Waals surface area contributed by atoms with E-state index in [1.165, 1.54) is 36.1 Å². The number of benzene rings is 1. The molecule has 0 spiro atoms. The lowest BCUT2D eigenvalue weighted by molar-refractivity contribution is 0.132. The first-order valence-corrected chi connectivity index (χ1v) is 9.15. The summed E-state index contributed by atoms with van der Waals surface area (Å²) in [5.41, 5.74) is 4.49. The Labute approximate surface area is 150 Å². The van der Waals surface area contributed by atoms with Gasteiger partial charge < -0.3 is 9.67 Å². The quantitative estimate of drug-likeness (QED) is 0.900. The van der Waals surface area contributed by atoms with Gasteiger partial charge in [-0.3, -0.25) is 4.90 Å². The van der Waals surface area contributed by atoms with Crippen molar-refractivity contribution < 1.29 is 5.11 Å². The highest BCUT2D eigenvalue weighted by Crippen LogP contribution is 2.25. The van der Waals surface area contributed by atoms with E-state index in [9.17, 15) is 10.4 Å². The summed E-state index contributed by atoms with van der Waals surface area (Å²) >= 11 is 0. The Morgan fingerprint density at radius 2 is 2.00 bits per heavy atom. The van der Waals surface area contributed by atoms with Crippen LogP contribution in [0.25, 0.3) is 0 Å². The Bertz CT molecular complexity index is 755. The number of phenols is 1. The summed E-state index contributed by atoms with van der Waals surface area (Å²) in [4.78, 5) is 2.59. The molecule has 0 saturated carbocycles. The predicted octanol–water partition coefficient (Wildman–Crippen LogP) is 3.90. The van der Waals surface area contributed by atoms with Gasteiger partial charge in [-0.05, 0) is 68.5 Å². The zero-order valence-electron chi connectivity index (χ0n) is 15.2. The van der Waals surface area contributed by atoms with Gasteiger partial charge in [0.25, 0.3) is 0 Å². The minimum atomic E-state index is 0.330. The number of nitrogens with zero attached hydrogens (tertiary/aromatic N) is 3. The molecule has 4 heteroatoms. The monoisotopic (exact) mass is 337 g/mol. The third-order valence-electron chi connectivity index (χ3n) is 5.58. The van der Waals surface area contributed by atoms with Gasteiger partial charge in [-0.2, -0.15) is 5.26 Å². The number of likely N-dealkylation sites (tertiary alicyclic amines) is 1. The number of piperidine rings is 1. The van der Waals surface area contributed by atoms with Gasteiger partial charge in [0.05, 0.1) is 0 Å². The summed E-state index contributed by atoms with van der Waals surface area (Å²) in [5.74, 6) is 0.330. The molecule has 0 aliphatic carbocycles. The van der Waals surface area contributed by atoms with Gasteiger partial charge >= 0.3 is 0 Å². The van der Waals surface area contributed by atoms with Gasteiger partial charge in [0, 0.05) is 25.3 Å². The lowest BCUT2D eigenvalue weighted by Crippen LogP contribution is -2.39. The topological polar surface area (TPSA) is 52.2 Å². The summed E-state index contributed by atoms with van der Waals surface area (Å²) in [7, 11) is 1.97. The standard InChI is InChI=1S/C21H27N3O/c1-16-18(13-20(14-22)23(16)2)15-24-12-4-3-5-19(24)9-6-17-7-10-21(25)11-8-17/h7-8,10-11,13,19,25H,3-6,9,12,15H2,1-2H3/t19-/m0/s1. The van der Waals surface area contributed by atoms with E-state index in [1.807, 2.05) is 29.8 Å². The third-order valence-corrected chi connectivity index (χ3v) is 5.58. The largest absolute Gasteiger partial charge is 0.508 e. The fourth-order valence-electron chi connectivity index (χ4n) is 3.84. The SMILES string of the molecule is Cc1c(CN2CCCC[C@H]2CCc2ccc(O)cc2)cc(C#N)n1C. The summed E-state index contributed by atoms with van der Waals surface area (Å²) in [6, 6.07) is 12.5. The van der Waals surface area contributed by atoms with Crippen molar-refractivity contribution >= 4 is 0 Å². The molecule has 1 N–H and O–H groups in total. The number of aromatic hydroxyl groups is 1. The normalized spacial score (nSPS) is 18.2. The molecule has 2 heterocycles. The second-order valence-corrected chi connectivity index (χ2v) is 7.14. The van der Waals surface area contributed by atoms with Gasteiger partial charge in [-0.1, -0.05) is 18.6 Å². The molecule has 1 aliphatic rings. The summed E-state index contributed by atoms with van der Waals surface area (Å²) in [6.07, 6.45) is 5.98. The number of hydrogen-bond donors (Lipinski definition) is 1. The van der Waals surface area contributed by atoms with Crippen molar-refractivity contribution in [2.75, 3.05) is 6.54 Å². The molecule has 0 amide bonds. The van der Waals surface area contributed by atoms with Crippen LogP contribution in [0.2, 0.25) is 0 Å². The predicted molar refractivity (Wildman–Crippen MR) is 99.3 cm³/mol. The Hall–Kier alpha value is -2.25. The number of rotatable bonds is 5. The fraction of sp³-hybridized carbons (Fsp3) is 0.476. The van der Waals surface area contributed by atoms with Gasteiger partial charge in [0.1, 0.15) is 17.5 Å². The van der Waals surface area contributed by atoms with Crippen molar-refractivity contribution in [3.8, 4) is 11.8 Å². The van der Waals surface area contributed by atoms with Crippen molar-refractivity contribution in [2.45, 2.75) is 51.6 Å². The first kappa shape index (κ1) is 17.6. The van der Waals surface area contributed by atoms with Crippen LogP contribution >= 0.6 is 0 Å². The molecule has 0 radical (unpaired) electrons. The van der Waals surface area contributed by atoms with E-state index in [1.54, 1.807) is 12.1 Å². The van der Waals surface area contributed by atoms with Crippen LogP contribution in [0.4, 0.5) is 0 Å². The van der Waals surface area contributed by atoms with Crippen LogP contribution in [-0.2, 0) is 20.0 Å². The van der Waals surface area contributed by atoms with Gasteiger partial charge in [0.15, 0.2) is 0 Å². The smallest absolute Gasteiger partial charge is 0.120 e. The molecule has 4 nitrogen and oxygen atoms in total. The maximum Gasteiger partial charge on any atom is 0.120 e. The maximum absolute atomic E-state index is 9.42. The fourth-order valence-corrected chi connectivity index (χ4v) is 3.84. The molecule has 1 aromatic carbocycles. The van der Waals surface area contributed by atoms with Crippen molar-refractivity contribution in [3.05, 3.63) is 52.8 Å². The molecule has 3 rings (SSSR count). The number of nitriles is 1. The van der Waals surface area contributed by atoms with E-state index in [4.69, 9.17) is 0 Å². The molecule has 0 bridgehead atoms. The maximum atomic E-state index is 9.42. The van der Waals surface area contributed by atoms with Crippen LogP contribution in [-0.4, -0.2) is 27.2 Å². The van der Waals surface area contributed by atoms with Crippen LogP contribution in [0, 0.1) is 18.3 Å². The number of aromatic nitrogens is 1. The zero-order chi connectivity index (χ0) is 17.8. The van der Waals surface area contributed by atoms with E-state index < -0.39 is 0 Å². The summed E-state index contributed by atoms with van der Waals surface area (Å²) in [5, 5.41) is 18.7. The average Bonchev–Trinajstić information content (AvgIpc) is 2.90. The molecule has 25 heavy (non-hydrogen) atoms. The first-order valence-electron chi connectivity index (χ1n) is 9.15. The first-order chi connectivity index (χ1) is 12.1. The molecular formula is C21H27N3O. The van der Waals surface area contributed by atoms with Crippen molar-refractivity contribution in [2.24, 2.45) is 7.05 Å². The Kier molecular flexibility index (Phi) is 5.45. The highest BCUT2D eigenvalue weighted by atomic mass is 16.3. The van der Waals surface area contributed by atoms with E-state index in [2.05, 4.69) is 17.9 Å². The van der Waals surface area contributed by atoms with Gasteiger partial charge in [-0.15, -0.1) is 0 Å². The average molecular weight is 337 g/mol. The minimum absolute atomic E-state index is 0.330. The van der Waals surface area contributed by atoms with E-state index in [0.717, 1.165) is 31.6 Å². The Morgan fingerprint density at radius 1 is 1.24 bits per heavy atom. The molecule has 1 aromatic heterocycles. The summed E-state index contributed by atoms with van der Waals surface area (Å²) in [6.45, 7) is 4.17. The number of hydrogen-bond acceptors (Lipinski definition) is 3. The van der Waals surface area contributed by atoms with Crippen LogP contribution < -0.4 is 0 Å². The van der Waals surface area contributed by atoms with E-state index in [-0.39, 0.29) is 0 Å². The lowest BCUT2D eigenvalue weighted by Gasteiger charge is -2.36. The highest BCUT2D eigenvalue weighted by Gasteiger charge is 2.23. The van der Waals surface area contributed by atoms with Crippen LogP contribution in [0.5, 0.6) is 5.75 Å². The second kappa shape index (κ2) is 7.76. The number of phenolic OH excluding ortho intramolecular Hbond substituents is 1. The van der Waals surface area contributed by atoms with Crippen molar-refractivity contribution in [1.29, 1.82) is 5.26 Å². The second-order valence-electron chi connectivity index (χ2n) is 7.14. The Morgan fingerprint density at radius 3 is 2.68 bits per heavy atom. The molecule has 2 aromatic rings. The zero-order valence-corrected chi connectivity index (χ0v) is 15.2. The minimum Gasteiger partial charge on any atom is -0.508 e.